The van der Waals surface area contributed by atoms with Crippen LogP contribution in [0.5, 0.6) is 0 Å². The van der Waals surface area contributed by atoms with Crippen molar-refractivity contribution >= 4 is 50.8 Å². The predicted octanol–water partition coefficient (Wildman–Crippen LogP) is 4.91. The molecular weight excluding hydrogens is 349 g/mol. The summed E-state index contributed by atoms with van der Waals surface area (Å²) in [5.74, 6) is 0.788. The first-order chi connectivity index (χ1) is 8.97. The molecule has 1 heterocycles. The van der Waals surface area contributed by atoms with E-state index in [1.165, 1.54) is 0 Å². The Morgan fingerprint density at radius 3 is 2.47 bits per heavy atom. The Morgan fingerprint density at radius 2 is 1.84 bits per heavy atom. The normalized spacial score (nSPS) is 12.2. The second-order valence-corrected chi connectivity index (χ2v) is 5.83. The molecule has 1 unspecified atom stereocenters. The third-order valence-corrected chi connectivity index (χ3v) is 3.80. The zero-order valence-electron chi connectivity index (χ0n) is 10.1. The molecule has 1 aromatic heterocycles. The van der Waals surface area contributed by atoms with E-state index in [1.54, 1.807) is 6.07 Å². The molecule has 3 nitrogen and oxygen atoms in total. The molecule has 1 aromatic carbocycles. The van der Waals surface area contributed by atoms with Gasteiger partial charge in [0.15, 0.2) is 0 Å². The summed E-state index contributed by atoms with van der Waals surface area (Å²) >= 11 is 15.3. The number of nitrogens with one attached hydrogen (secondary N) is 1. The van der Waals surface area contributed by atoms with Crippen molar-refractivity contribution < 1.29 is 0 Å². The Bertz CT molecular complexity index is 587. The van der Waals surface area contributed by atoms with Crippen molar-refractivity contribution in [3.63, 3.8) is 0 Å². The van der Waals surface area contributed by atoms with Crippen LogP contribution in [0, 0.1) is 0 Å². The van der Waals surface area contributed by atoms with Gasteiger partial charge in [-0.05, 0) is 30.7 Å². The van der Waals surface area contributed by atoms with Crippen molar-refractivity contribution in [1.29, 1.82) is 0 Å². The van der Waals surface area contributed by atoms with Crippen molar-refractivity contribution in [2.75, 3.05) is 11.1 Å². The summed E-state index contributed by atoms with van der Waals surface area (Å²) in [5.41, 5.74) is 6.80. The third kappa shape index (κ3) is 3.53. The quantitative estimate of drug-likeness (QED) is 0.817. The second kappa shape index (κ2) is 5.99. The van der Waals surface area contributed by atoms with Crippen LogP contribution in [0.4, 0.5) is 11.6 Å². The number of benzene rings is 1. The molecular formula is C13H12BrCl2N3. The highest BCUT2D eigenvalue weighted by Gasteiger charge is 2.11. The predicted molar refractivity (Wildman–Crippen MR) is 84.8 cm³/mol. The van der Waals surface area contributed by atoms with Crippen molar-refractivity contribution in [3.8, 4) is 0 Å². The zero-order chi connectivity index (χ0) is 14.0. The number of anilines is 2. The Labute approximate surface area is 130 Å². The molecule has 0 aliphatic carbocycles. The summed E-state index contributed by atoms with van der Waals surface area (Å²) in [4.78, 5) is 4.15. The number of pyridine rings is 1. The fourth-order valence-corrected chi connectivity index (χ4v) is 2.30. The summed E-state index contributed by atoms with van der Waals surface area (Å²) in [6.45, 7) is 2.02. The standard InChI is InChI=1S/C13H12BrCl2N3/c1-7(8-2-4-9(14)5-3-8)18-13-11(16)6-10(15)12(17)19-13/h2-7H,1H3,(H3,17,18,19). The first-order valence-corrected chi connectivity index (χ1v) is 7.16. The van der Waals surface area contributed by atoms with Gasteiger partial charge in [0.25, 0.3) is 0 Å². The molecule has 100 valence electrons. The highest BCUT2D eigenvalue weighted by atomic mass is 79.9. The van der Waals surface area contributed by atoms with Gasteiger partial charge < -0.3 is 11.1 Å². The molecule has 0 aliphatic rings. The van der Waals surface area contributed by atoms with Crippen LogP contribution in [-0.2, 0) is 0 Å². The maximum atomic E-state index is 6.09. The average molecular weight is 361 g/mol. The Balaban J connectivity index is 2.21. The lowest BCUT2D eigenvalue weighted by molar-refractivity contribution is 0.875. The molecule has 19 heavy (non-hydrogen) atoms. The molecule has 2 aromatic rings. The lowest BCUT2D eigenvalue weighted by Crippen LogP contribution is -2.09. The van der Waals surface area contributed by atoms with E-state index in [2.05, 4.69) is 26.2 Å². The van der Waals surface area contributed by atoms with Gasteiger partial charge in [-0.15, -0.1) is 0 Å². The summed E-state index contributed by atoms with van der Waals surface area (Å²) in [7, 11) is 0. The number of hydrogen-bond donors (Lipinski definition) is 2. The summed E-state index contributed by atoms with van der Waals surface area (Å²) in [6, 6.07) is 9.66. The van der Waals surface area contributed by atoms with Gasteiger partial charge in [-0.2, -0.15) is 0 Å². The zero-order valence-corrected chi connectivity index (χ0v) is 13.2. The molecule has 0 fully saturated rings. The minimum atomic E-state index is 0.0543. The number of hydrogen-bond acceptors (Lipinski definition) is 3. The van der Waals surface area contributed by atoms with E-state index in [0.29, 0.717) is 15.9 Å². The molecule has 0 saturated heterocycles. The molecule has 0 bridgehead atoms. The van der Waals surface area contributed by atoms with Crippen LogP contribution in [0.25, 0.3) is 0 Å². The molecule has 0 aliphatic heterocycles. The highest BCUT2D eigenvalue weighted by Crippen LogP contribution is 2.30. The lowest BCUT2D eigenvalue weighted by Gasteiger charge is -2.16. The van der Waals surface area contributed by atoms with E-state index >= 15 is 0 Å². The van der Waals surface area contributed by atoms with Crippen molar-refractivity contribution in [2.24, 2.45) is 0 Å². The second-order valence-electron chi connectivity index (χ2n) is 4.10. The molecule has 3 N–H and O–H groups in total. The molecule has 0 amide bonds. The Kier molecular flexibility index (Phi) is 4.55. The maximum absolute atomic E-state index is 6.09. The van der Waals surface area contributed by atoms with E-state index in [0.717, 1.165) is 10.0 Å². The van der Waals surface area contributed by atoms with E-state index < -0.39 is 0 Å². The minimum absolute atomic E-state index is 0.0543. The fraction of sp³-hybridized carbons (Fsp3) is 0.154. The van der Waals surface area contributed by atoms with E-state index in [4.69, 9.17) is 28.9 Å². The largest absolute Gasteiger partial charge is 0.382 e. The molecule has 1 atom stereocenters. The van der Waals surface area contributed by atoms with Crippen LogP contribution in [0.15, 0.2) is 34.8 Å². The van der Waals surface area contributed by atoms with Crippen LogP contribution in [-0.4, -0.2) is 4.98 Å². The van der Waals surface area contributed by atoms with Gasteiger partial charge in [-0.3, -0.25) is 0 Å². The van der Waals surface area contributed by atoms with Gasteiger partial charge in [0.2, 0.25) is 0 Å². The fourth-order valence-electron chi connectivity index (χ4n) is 1.62. The minimum Gasteiger partial charge on any atom is -0.382 e. The van der Waals surface area contributed by atoms with Gasteiger partial charge in [-0.1, -0.05) is 51.3 Å². The number of nitrogens with two attached hydrogens (primary N) is 1. The van der Waals surface area contributed by atoms with Crippen LogP contribution in [0.3, 0.4) is 0 Å². The smallest absolute Gasteiger partial charge is 0.147 e. The Morgan fingerprint density at radius 1 is 1.21 bits per heavy atom. The summed E-state index contributed by atoms with van der Waals surface area (Å²) in [6.07, 6.45) is 0. The number of rotatable bonds is 3. The maximum Gasteiger partial charge on any atom is 0.147 e. The lowest BCUT2D eigenvalue weighted by atomic mass is 10.1. The van der Waals surface area contributed by atoms with Gasteiger partial charge >= 0.3 is 0 Å². The van der Waals surface area contributed by atoms with Gasteiger partial charge in [0.1, 0.15) is 11.6 Å². The van der Waals surface area contributed by atoms with Gasteiger partial charge in [0.05, 0.1) is 10.0 Å². The number of nitrogen functional groups attached to an aromatic ring is 1. The highest BCUT2D eigenvalue weighted by molar-refractivity contribution is 9.10. The van der Waals surface area contributed by atoms with Gasteiger partial charge in [-0.25, -0.2) is 4.98 Å². The summed E-state index contributed by atoms with van der Waals surface area (Å²) < 4.78 is 1.04. The first-order valence-electron chi connectivity index (χ1n) is 5.61. The average Bonchev–Trinajstić information content (AvgIpc) is 2.36. The van der Waals surface area contributed by atoms with Gasteiger partial charge in [0, 0.05) is 10.5 Å². The molecule has 0 radical (unpaired) electrons. The number of halogens is 3. The van der Waals surface area contributed by atoms with Crippen molar-refractivity contribution in [1.82, 2.24) is 4.98 Å². The molecule has 6 heteroatoms. The van der Waals surface area contributed by atoms with Crippen LogP contribution >= 0.6 is 39.1 Å². The van der Waals surface area contributed by atoms with Crippen molar-refractivity contribution in [3.05, 3.63) is 50.4 Å². The van der Waals surface area contributed by atoms with E-state index in [1.807, 2.05) is 31.2 Å². The molecule has 0 saturated carbocycles. The Hall–Kier alpha value is -0.970. The molecule has 2 rings (SSSR count). The third-order valence-electron chi connectivity index (χ3n) is 2.68. The van der Waals surface area contributed by atoms with Crippen LogP contribution < -0.4 is 11.1 Å². The van der Waals surface area contributed by atoms with Crippen LogP contribution in [0.1, 0.15) is 18.5 Å². The monoisotopic (exact) mass is 359 g/mol. The molecule has 0 spiro atoms. The number of nitrogens with zero attached hydrogens (tertiary/aromatic N) is 1. The SMILES string of the molecule is CC(Nc1nc(N)c(Cl)cc1Cl)c1ccc(Br)cc1. The van der Waals surface area contributed by atoms with Crippen molar-refractivity contribution in [2.45, 2.75) is 13.0 Å². The van der Waals surface area contributed by atoms with E-state index in [9.17, 15) is 0 Å². The number of aromatic nitrogens is 1. The van der Waals surface area contributed by atoms with E-state index in [-0.39, 0.29) is 11.9 Å². The van der Waals surface area contributed by atoms with Crippen LogP contribution in [0.2, 0.25) is 10.0 Å². The topological polar surface area (TPSA) is 50.9 Å². The summed E-state index contributed by atoms with van der Waals surface area (Å²) in [5, 5.41) is 4.02. The first kappa shape index (κ1) is 14.4.